The molecule has 2 nitrogen and oxygen atoms in total. The first-order chi connectivity index (χ1) is 24.5. The summed E-state index contributed by atoms with van der Waals surface area (Å²) in [7, 11) is 0.867. The van der Waals surface area contributed by atoms with E-state index in [1.807, 2.05) is 0 Å². The SMILES string of the molecule is CC1(C)c2ccccc2N2c3c(cccc31)Bc1c(-c3cc4ccccc4cc3Nc3ccc(-c4ccccc4)cc3)cc3ccccc3c12. The number of hydrogen-bond acceptors (Lipinski definition) is 2. The van der Waals surface area contributed by atoms with Crippen LogP contribution in [0.25, 0.3) is 43.8 Å². The van der Waals surface area contributed by atoms with Crippen molar-refractivity contribution in [2.24, 2.45) is 0 Å². The van der Waals surface area contributed by atoms with Gasteiger partial charge < -0.3 is 10.2 Å². The summed E-state index contributed by atoms with van der Waals surface area (Å²) >= 11 is 0. The van der Waals surface area contributed by atoms with Crippen molar-refractivity contribution in [3.63, 3.8) is 0 Å². The van der Waals surface area contributed by atoms with Crippen LogP contribution in [-0.4, -0.2) is 7.28 Å². The first-order valence-electron chi connectivity index (χ1n) is 17.6. The van der Waals surface area contributed by atoms with Crippen LogP contribution in [0.4, 0.5) is 28.4 Å². The van der Waals surface area contributed by atoms with Crippen LogP contribution in [0.2, 0.25) is 0 Å². The summed E-state index contributed by atoms with van der Waals surface area (Å²) in [6, 6.07) is 60.1. The minimum absolute atomic E-state index is 0.102. The molecule has 0 aliphatic carbocycles. The first kappa shape index (κ1) is 28.9. The molecule has 8 aromatic rings. The van der Waals surface area contributed by atoms with Crippen molar-refractivity contribution in [2.75, 3.05) is 10.2 Å². The van der Waals surface area contributed by atoms with E-state index in [0.29, 0.717) is 0 Å². The lowest BCUT2D eigenvalue weighted by Gasteiger charge is -2.46. The Morgan fingerprint density at radius 2 is 1.16 bits per heavy atom. The van der Waals surface area contributed by atoms with E-state index in [1.165, 1.54) is 82.9 Å². The summed E-state index contributed by atoms with van der Waals surface area (Å²) in [5.41, 5.74) is 16.4. The normalized spacial score (nSPS) is 13.7. The van der Waals surface area contributed by atoms with Crippen molar-refractivity contribution in [1.29, 1.82) is 0 Å². The van der Waals surface area contributed by atoms with Gasteiger partial charge >= 0.3 is 0 Å². The van der Waals surface area contributed by atoms with Crippen molar-refractivity contribution in [2.45, 2.75) is 19.3 Å². The van der Waals surface area contributed by atoms with Crippen molar-refractivity contribution in [3.05, 3.63) is 175 Å². The second-order valence-electron chi connectivity index (χ2n) is 14.3. The van der Waals surface area contributed by atoms with Gasteiger partial charge in [0.25, 0.3) is 0 Å². The molecule has 2 aliphatic rings. The van der Waals surface area contributed by atoms with E-state index in [2.05, 4.69) is 188 Å². The summed E-state index contributed by atoms with van der Waals surface area (Å²) < 4.78 is 0. The zero-order valence-electron chi connectivity index (χ0n) is 28.2. The van der Waals surface area contributed by atoms with Crippen LogP contribution in [-0.2, 0) is 5.41 Å². The van der Waals surface area contributed by atoms with Gasteiger partial charge in [0, 0.05) is 39.1 Å². The molecule has 0 unspecified atom stereocenters. The molecule has 0 atom stereocenters. The van der Waals surface area contributed by atoms with E-state index >= 15 is 0 Å². The third-order valence-corrected chi connectivity index (χ3v) is 11.0. The maximum atomic E-state index is 3.87. The molecule has 0 amide bonds. The maximum absolute atomic E-state index is 3.87. The lowest BCUT2D eigenvalue weighted by atomic mass is 9.55. The minimum atomic E-state index is -0.102. The smallest absolute Gasteiger partial charge is 0.198 e. The number of fused-ring (bicyclic) bond motifs is 7. The highest BCUT2D eigenvalue weighted by molar-refractivity contribution is 6.74. The predicted octanol–water partition coefficient (Wildman–Crippen LogP) is 10.9. The summed E-state index contributed by atoms with van der Waals surface area (Å²) in [6.07, 6.45) is 0. The minimum Gasteiger partial charge on any atom is -0.355 e. The third kappa shape index (κ3) is 4.36. The van der Waals surface area contributed by atoms with E-state index in [9.17, 15) is 0 Å². The molecule has 0 spiro atoms. The average molecular weight is 639 g/mol. The van der Waals surface area contributed by atoms with Gasteiger partial charge in [-0.25, -0.2) is 0 Å². The van der Waals surface area contributed by atoms with Crippen LogP contribution >= 0.6 is 0 Å². The zero-order valence-corrected chi connectivity index (χ0v) is 28.2. The van der Waals surface area contributed by atoms with Gasteiger partial charge in [-0.15, -0.1) is 0 Å². The second-order valence-corrected chi connectivity index (χ2v) is 14.3. The molecule has 236 valence electrons. The molecular formula is C47H35BN2. The number of hydrogen-bond donors (Lipinski definition) is 1. The Balaban J connectivity index is 1.21. The molecule has 10 rings (SSSR count). The highest BCUT2D eigenvalue weighted by Gasteiger charge is 2.41. The molecule has 3 heteroatoms. The Kier molecular flexibility index (Phi) is 6.35. The van der Waals surface area contributed by atoms with Gasteiger partial charge in [-0.1, -0.05) is 147 Å². The molecule has 0 saturated carbocycles. The van der Waals surface area contributed by atoms with Gasteiger partial charge in [0.15, 0.2) is 7.28 Å². The summed E-state index contributed by atoms with van der Waals surface area (Å²) in [6.45, 7) is 4.75. The van der Waals surface area contributed by atoms with Gasteiger partial charge in [-0.2, -0.15) is 0 Å². The summed E-state index contributed by atoms with van der Waals surface area (Å²) in [4.78, 5) is 2.59. The number of rotatable bonds is 4. The average Bonchev–Trinajstić information content (AvgIpc) is 3.16. The van der Waals surface area contributed by atoms with Crippen LogP contribution in [0.1, 0.15) is 25.0 Å². The van der Waals surface area contributed by atoms with Gasteiger partial charge in [0.1, 0.15) is 0 Å². The molecule has 1 N–H and O–H groups in total. The van der Waals surface area contributed by atoms with Crippen LogP contribution in [0.3, 0.4) is 0 Å². The summed E-state index contributed by atoms with van der Waals surface area (Å²) in [5, 5.41) is 8.86. The molecule has 0 aromatic heterocycles. The van der Waals surface area contributed by atoms with Crippen LogP contribution in [0.15, 0.2) is 164 Å². The second kappa shape index (κ2) is 11.0. The van der Waals surface area contributed by atoms with Crippen molar-refractivity contribution in [1.82, 2.24) is 0 Å². The fourth-order valence-electron chi connectivity index (χ4n) is 8.53. The van der Waals surface area contributed by atoms with E-state index in [0.717, 1.165) is 18.7 Å². The molecule has 8 aromatic carbocycles. The van der Waals surface area contributed by atoms with Crippen molar-refractivity contribution in [3.8, 4) is 22.3 Å². The standard InChI is InChI=1S/C47H35BN2/c1-47(2)39-19-10-11-22-43(39)50-45-36-18-9-8-17-34(36)28-38(44(45)48-41-21-12-20-40(47)46(41)50)37-27-32-15-6-7-16-33(32)29-42(37)49-35-25-23-31(24-26-35)30-13-4-3-5-14-30/h3-29,48-49H,1-2H3. The highest BCUT2D eigenvalue weighted by atomic mass is 15.2. The first-order valence-corrected chi connectivity index (χ1v) is 17.6. The van der Waals surface area contributed by atoms with E-state index in [1.54, 1.807) is 0 Å². The fourth-order valence-corrected chi connectivity index (χ4v) is 8.53. The summed E-state index contributed by atoms with van der Waals surface area (Å²) in [5.74, 6) is 0. The quantitative estimate of drug-likeness (QED) is 0.193. The van der Waals surface area contributed by atoms with Gasteiger partial charge in [-0.3, -0.25) is 0 Å². The van der Waals surface area contributed by atoms with Gasteiger partial charge in [0.2, 0.25) is 0 Å². The number of nitrogens with one attached hydrogen (secondary N) is 1. The van der Waals surface area contributed by atoms with Gasteiger partial charge in [-0.05, 0) is 85.8 Å². The molecule has 0 bridgehead atoms. The number of nitrogens with zero attached hydrogens (tertiary/aromatic N) is 1. The van der Waals surface area contributed by atoms with E-state index in [-0.39, 0.29) is 5.41 Å². The Hall–Kier alpha value is -6.06. The van der Waals surface area contributed by atoms with Crippen LogP contribution < -0.4 is 21.1 Å². The van der Waals surface area contributed by atoms with E-state index < -0.39 is 0 Å². The third-order valence-electron chi connectivity index (χ3n) is 11.0. The molecular weight excluding hydrogens is 603 g/mol. The van der Waals surface area contributed by atoms with Gasteiger partial charge in [0.05, 0.1) is 5.69 Å². The van der Waals surface area contributed by atoms with Crippen LogP contribution in [0.5, 0.6) is 0 Å². The monoisotopic (exact) mass is 638 g/mol. The maximum Gasteiger partial charge on any atom is 0.198 e. The number of para-hydroxylation sites is 2. The number of anilines is 5. The molecule has 0 radical (unpaired) electrons. The fraction of sp³-hybridized carbons (Fsp3) is 0.0638. The topological polar surface area (TPSA) is 15.3 Å². The molecule has 50 heavy (non-hydrogen) atoms. The Bertz CT molecular complexity index is 2620. The van der Waals surface area contributed by atoms with Crippen molar-refractivity contribution < 1.29 is 0 Å². The van der Waals surface area contributed by atoms with Crippen LogP contribution in [0, 0.1) is 0 Å². The Labute approximate surface area is 293 Å². The molecule has 2 heterocycles. The molecule has 2 aliphatic heterocycles. The van der Waals surface area contributed by atoms with E-state index in [4.69, 9.17) is 0 Å². The highest BCUT2D eigenvalue weighted by Crippen LogP contribution is 2.53. The zero-order chi connectivity index (χ0) is 33.4. The lowest BCUT2D eigenvalue weighted by Crippen LogP contribution is -2.45. The molecule has 0 fully saturated rings. The largest absolute Gasteiger partial charge is 0.355 e. The number of benzene rings is 8. The molecule has 0 saturated heterocycles. The Morgan fingerprint density at radius 3 is 1.98 bits per heavy atom. The van der Waals surface area contributed by atoms with Crippen molar-refractivity contribution >= 4 is 68.2 Å². The lowest BCUT2D eigenvalue weighted by molar-refractivity contribution is 0.632. The Morgan fingerprint density at radius 1 is 0.520 bits per heavy atom. The predicted molar refractivity (Wildman–Crippen MR) is 215 cm³/mol.